The summed E-state index contributed by atoms with van der Waals surface area (Å²) < 4.78 is 0. The number of carbonyl (C=O) groups excluding carboxylic acids is 1. The van der Waals surface area contributed by atoms with E-state index in [0.29, 0.717) is 6.41 Å². The van der Waals surface area contributed by atoms with Gasteiger partial charge < -0.3 is 11.1 Å². The van der Waals surface area contributed by atoms with Crippen LogP contribution in [0.5, 0.6) is 0 Å². The Kier molecular flexibility index (Phi) is 5.82. The van der Waals surface area contributed by atoms with Crippen LogP contribution >= 0.6 is 12.2 Å². The number of hydrogen-bond acceptors (Lipinski definition) is 3. The van der Waals surface area contributed by atoms with Crippen molar-refractivity contribution >= 4 is 23.7 Å². The van der Waals surface area contributed by atoms with Gasteiger partial charge in [-0.05, 0) is 18.3 Å². The number of hydrogen-bond donors (Lipinski definition) is 3. The van der Waals surface area contributed by atoms with Crippen molar-refractivity contribution in [3.63, 3.8) is 0 Å². The summed E-state index contributed by atoms with van der Waals surface area (Å²) in [4.78, 5) is 9.34. The van der Waals surface area contributed by atoms with E-state index >= 15 is 0 Å². The molecule has 0 aromatic carbocycles. The van der Waals surface area contributed by atoms with Crippen molar-refractivity contribution < 1.29 is 4.79 Å². The van der Waals surface area contributed by atoms with Crippen molar-refractivity contribution in [1.29, 1.82) is 0 Å². The fraction of sp³-hybridized carbons (Fsp3) is 0. The van der Waals surface area contributed by atoms with Gasteiger partial charge in [0, 0.05) is 12.4 Å². The maximum Gasteiger partial charge on any atom is 0.213 e. The number of nitrogens with two attached hydrogens (primary N) is 1. The molecule has 11 heavy (non-hydrogen) atoms. The second-order valence-corrected chi connectivity index (χ2v) is 1.83. The molecule has 0 saturated carbocycles. The van der Waals surface area contributed by atoms with Gasteiger partial charge in [-0.15, -0.1) is 0 Å². The molecular weight excluding hydrogens is 164 g/mol. The molecular formula is C5H8N4OS. The molecule has 0 bridgehead atoms. The van der Waals surface area contributed by atoms with E-state index in [0.717, 1.165) is 0 Å². The van der Waals surface area contributed by atoms with E-state index < -0.39 is 0 Å². The standard InChI is InChI=1S/C3H4N2.C2H4N2OS/c1-2-4-5-3-1;3-2(6)4-1-5/h1-3H,(H,4,5);1H,(H3,3,4,5,6). The zero-order valence-electron chi connectivity index (χ0n) is 5.65. The largest absolute Gasteiger partial charge is 0.376 e. The number of aromatic amines is 1. The molecule has 60 valence electrons. The third-order valence-electron chi connectivity index (χ3n) is 0.607. The molecule has 4 N–H and O–H groups in total. The van der Waals surface area contributed by atoms with E-state index in [2.05, 4.69) is 22.4 Å². The first-order valence-electron chi connectivity index (χ1n) is 2.70. The monoisotopic (exact) mass is 172 g/mol. The zero-order chi connectivity index (χ0) is 8.53. The molecule has 0 saturated heterocycles. The maximum absolute atomic E-state index is 9.34. The Labute approximate surface area is 69.0 Å². The first-order chi connectivity index (χ1) is 5.27. The van der Waals surface area contributed by atoms with Gasteiger partial charge in [-0.25, -0.2) is 0 Å². The van der Waals surface area contributed by atoms with E-state index in [1.165, 1.54) is 0 Å². The Morgan fingerprint density at radius 3 is 2.64 bits per heavy atom. The SMILES string of the molecule is NC(=S)NC=O.c1cn[nH]c1. The highest BCUT2D eigenvalue weighted by Crippen LogP contribution is 1.64. The molecule has 0 atom stereocenters. The summed E-state index contributed by atoms with van der Waals surface area (Å²) in [5, 5.41) is 8.25. The van der Waals surface area contributed by atoms with E-state index in [4.69, 9.17) is 5.73 Å². The molecule has 1 aromatic heterocycles. The van der Waals surface area contributed by atoms with Crippen LogP contribution in [0.4, 0.5) is 0 Å². The summed E-state index contributed by atoms with van der Waals surface area (Å²) in [6.45, 7) is 0. The zero-order valence-corrected chi connectivity index (χ0v) is 6.47. The highest BCUT2D eigenvalue weighted by molar-refractivity contribution is 7.80. The van der Waals surface area contributed by atoms with E-state index in [9.17, 15) is 4.79 Å². The number of H-pyrrole nitrogens is 1. The van der Waals surface area contributed by atoms with Crippen molar-refractivity contribution in [3.05, 3.63) is 18.5 Å². The second-order valence-electron chi connectivity index (χ2n) is 1.39. The summed E-state index contributed by atoms with van der Waals surface area (Å²) in [5.41, 5.74) is 4.79. The van der Waals surface area contributed by atoms with Gasteiger partial charge in [0.1, 0.15) is 0 Å². The van der Waals surface area contributed by atoms with Crippen LogP contribution in [0.25, 0.3) is 0 Å². The molecule has 0 fully saturated rings. The predicted molar refractivity (Wildman–Crippen MR) is 44.6 cm³/mol. The third-order valence-corrected chi connectivity index (χ3v) is 0.725. The van der Waals surface area contributed by atoms with Crippen molar-refractivity contribution in [2.75, 3.05) is 0 Å². The molecule has 5 nitrogen and oxygen atoms in total. The number of nitrogens with zero attached hydrogens (tertiary/aromatic N) is 1. The number of amides is 1. The lowest BCUT2D eigenvalue weighted by molar-refractivity contribution is -0.108. The van der Waals surface area contributed by atoms with Crippen LogP contribution in [0.1, 0.15) is 0 Å². The molecule has 1 rings (SSSR count). The summed E-state index contributed by atoms with van der Waals surface area (Å²) in [6.07, 6.45) is 3.89. The molecule has 0 unspecified atom stereocenters. The summed E-state index contributed by atoms with van der Waals surface area (Å²) >= 11 is 4.23. The Hall–Kier alpha value is -1.43. The van der Waals surface area contributed by atoms with Crippen molar-refractivity contribution in [3.8, 4) is 0 Å². The molecule has 1 amide bonds. The average Bonchev–Trinajstić information content (AvgIpc) is 2.41. The minimum absolute atomic E-state index is 0.00463. The molecule has 1 heterocycles. The van der Waals surface area contributed by atoms with Crippen LogP contribution in [0.15, 0.2) is 18.5 Å². The fourth-order valence-electron chi connectivity index (χ4n) is 0.273. The molecule has 1 aromatic rings. The Bertz CT molecular complexity index is 181. The Morgan fingerprint density at radius 2 is 2.55 bits per heavy atom. The van der Waals surface area contributed by atoms with Crippen molar-refractivity contribution in [2.45, 2.75) is 0 Å². The molecule has 0 spiro atoms. The Morgan fingerprint density at radius 1 is 1.82 bits per heavy atom. The van der Waals surface area contributed by atoms with Gasteiger partial charge in [-0.2, -0.15) is 5.10 Å². The van der Waals surface area contributed by atoms with Gasteiger partial charge in [0.15, 0.2) is 5.11 Å². The van der Waals surface area contributed by atoms with Gasteiger partial charge in [0.2, 0.25) is 6.41 Å². The smallest absolute Gasteiger partial charge is 0.213 e. The van der Waals surface area contributed by atoms with Crippen LogP contribution in [-0.4, -0.2) is 21.7 Å². The number of rotatable bonds is 1. The van der Waals surface area contributed by atoms with Gasteiger partial charge in [-0.1, -0.05) is 0 Å². The second kappa shape index (κ2) is 6.69. The molecule has 0 aliphatic rings. The van der Waals surface area contributed by atoms with Gasteiger partial charge >= 0.3 is 0 Å². The third kappa shape index (κ3) is 8.57. The van der Waals surface area contributed by atoms with Gasteiger partial charge in [0.05, 0.1) is 0 Å². The minimum atomic E-state index is 0.00463. The van der Waals surface area contributed by atoms with Crippen LogP contribution < -0.4 is 11.1 Å². The quantitative estimate of drug-likeness (QED) is 0.389. The highest BCUT2D eigenvalue weighted by atomic mass is 32.1. The number of carbonyl (C=O) groups is 1. The topological polar surface area (TPSA) is 83.8 Å². The fourth-order valence-corrected chi connectivity index (χ4v) is 0.321. The lowest BCUT2D eigenvalue weighted by Crippen LogP contribution is -2.27. The normalized spacial score (nSPS) is 7.27. The average molecular weight is 172 g/mol. The summed E-state index contributed by atoms with van der Waals surface area (Å²) in [5.74, 6) is 0. The summed E-state index contributed by atoms with van der Waals surface area (Å²) in [7, 11) is 0. The number of nitrogens with one attached hydrogen (secondary N) is 2. The van der Waals surface area contributed by atoms with Crippen LogP contribution in [0.2, 0.25) is 0 Å². The van der Waals surface area contributed by atoms with Crippen molar-refractivity contribution in [1.82, 2.24) is 15.5 Å². The lowest BCUT2D eigenvalue weighted by atomic mass is 10.8. The van der Waals surface area contributed by atoms with Crippen LogP contribution in [-0.2, 0) is 4.79 Å². The van der Waals surface area contributed by atoms with E-state index in [1.807, 2.05) is 11.4 Å². The van der Waals surface area contributed by atoms with Crippen molar-refractivity contribution in [2.24, 2.45) is 5.73 Å². The first-order valence-corrected chi connectivity index (χ1v) is 3.11. The molecule has 0 radical (unpaired) electrons. The molecule has 0 aliphatic heterocycles. The van der Waals surface area contributed by atoms with E-state index in [-0.39, 0.29) is 5.11 Å². The highest BCUT2D eigenvalue weighted by Gasteiger charge is 1.73. The lowest BCUT2D eigenvalue weighted by Gasteiger charge is -1.84. The van der Waals surface area contributed by atoms with Crippen LogP contribution in [0.3, 0.4) is 0 Å². The summed E-state index contributed by atoms with van der Waals surface area (Å²) in [6, 6.07) is 1.83. The number of aromatic nitrogens is 2. The predicted octanol–water partition coefficient (Wildman–Crippen LogP) is -0.614. The van der Waals surface area contributed by atoms with Crippen LogP contribution in [0, 0.1) is 0 Å². The molecule has 6 heteroatoms. The van der Waals surface area contributed by atoms with Gasteiger partial charge in [0.25, 0.3) is 0 Å². The maximum atomic E-state index is 9.34. The minimum Gasteiger partial charge on any atom is -0.376 e. The Balaban J connectivity index is 0.000000183. The van der Waals surface area contributed by atoms with E-state index in [1.54, 1.807) is 12.4 Å². The number of thiocarbonyl (C=S) groups is 1. The first kappa shape index (κ1) is 9.57. The van der Waals surface area contributed by atoms with Gasteiger partial charge in [-0.3, -0.25) is 9.89 Å². The molecule has 0 aliphatic carbocycles.